The first-order valence-electron chi connectivity index (χ1n) is 48.3. The lowest BCUT2D eigenvalue weighted by Gasteiger charge is -2.27. The highest BCUT2D eigenvalue weighted by Crippen LogP contribution is 2.32. The van der Waals surface area contributed by atoms with E-state index >= 15 is 0 Å². The minimum Gasteiger partial charge on any atom is -0.389 e. The fraction of sp³-hybridized carbons (Fsp3) is 0.762. The van der Waals surface area contributed by atoms with Gasteiger partial charge in [0.25, 0.3) is 0 Å². The number of allylic oxidation sites excluding steroid dienone is 6. The molecule has 0 aromatic heterocycles. The number of carbonyl (C=O) groups is 7. The van der Waals surface area contributed by atoms with Crippen LogP contribution in [0.2, 0.25) is 0 Å². The molecule has 0 spiro atoms. The van der Waals surface area contributed by atoms with E-state index in [1.54, 1.807) is 17.2 Å². The Labute approximate surface area is 782 Å². The molecule has 10 rings (SSSR count). The number of ketones is 1. The smallest absolute Gasteiger partial charge is 0.326 e. The molecule has 0 aromatic rings. The maximum atomic E-state index is 11.3. The summed E-state index contributed by atoms with van der Waals surface area (Å²) in [6.07, 6.45) is 18.7. The van der Waals surface area contributed by atoms with E-state index in [0.29, 0.717) is 41.1 Å². The first-order chi connectivity index (χ1) is 57.5. The topological polar surface area (TPSA) is 231 Å². The maximum absolute atomic E-state index is 11.3. The van der Waals surface area contributed by atoms with E-state index in [1.165, 1.54) is 18.5 Å². The van der Waals surface area contributed by atoms with Crippen molar-refractivity contribution in [2.24, 2.45) is 88.8 Å². The molecule has 124 heavy (non-hydrogen) atoms. The summed E-state index contributed by atoms with van der Waals surface area (Å²) in [5, 5.41) is 30.1. The van der Waals surface area contributed by atoms with Gasteiger partial charge >= 0.3 is 6.03 Å². The van der Waals surface area contributed by atoms with E-state index < -0.39 is 0 Å². The van der Waals surface area contributed by atoms with E-state index in [-0.39, 0.29) is 86.1 Å². The van der Waals surface area contributed by atoms with Gasteiger partial charge in [0.05, 0.1) is 10.1 Å². The van der Waals surface area contributed by atoms with Gasteiger partial charge in [-0.15, -0.1) is 23.5 Å². The van der Waals surface area contributed by atoms with Crippen LogP contribution in [0.25, 0.3) is 0 Å². The SMILES string of the molecule is C.C.C=C1C=CN(C(C)C)C(=O)N1.C=C1CC(C(C)C)C(=O)N1.C=C1CCC(C(C)C)C(=O)N1.C=C1CCC(C(C)C)C(=O)N1.C=C1CCC(C(C)C)C(=O)N1.C=C1CCC(C(C)C)CN1.C=C1NCC(C(C)C)S1.C=C1NCC(C(C)C)S1.CC.CC.CC.CC.CC.CC.CC.CC.CC.CC.CC(C)C.CC(C)C1CCCNC1=O.O=C1CCCC1. The molecule has 9 aliphatic heterocycles. The molecule has 8 saturated heterocycles. The second kappa shape index (κ2) is 96.1. The second-order valence-corrected chi connectivity index (χ2v) is 34.7. The van der Waals surface area contributed by atoms with Crippen molar-refractivity contribution in [1.82, 2.24) is 52.8 Å². The normalized spacial score (nSPS) is 20.5. The minimum absolute atomic E-state index is 0. The van der Waals surface area contributed by atoms with Gasteiger partial charge in [-0.25, -0.2) is 4.79 Å². The fourth-order valence-electron chi connectivity index (χ4n) is 11.7. The van der Waals surface area contributed by atoms with Gasteiger partial charge in [0, 0.05) is 126 Å². The Balaban J connectivity index is -0.0000000976. The molecule has 8 atom stereocenters. The third-order valence-electron chi connectivity index (χ3n) is 18.7. The highest BCUT2D eigenvalue weighted by Gasteiger charge is 2.31. The molecule has 8 unspecified atom stereocenters. The largest absolute Gasteiger partial charge is 0.389 e. The van der Waals surface area contributed by atoms with Gasteiger partial charge in [0.2, 0.25) is 29.5 Å². The number of nitrogens with one attached hydrogen (secondary N) is 9. The number of hydrogen-bond acceptors (Lipinski definition) is 12. The van der Waals surface area contributed by atoms with Crippen molar-refractivity contribution in [2.45, 2.75) is 412 Å². The Morgan fingerprint density at radius 1 is 0.323 bits per heavy atom. The molecular formula is C105H214N10O7S2. The van der Waals surface area contributed by atoms with Gasteiger partial charge in [-0.3, -0.25) is 33.7 Å². The summed E-state index contributed by atoms with van der Waals surface area (Å²) in [6.45, 7) is 119. The van der Waals surface area contributed by atoms with Gasteiger partial charge in [-0.05, 0) is 163 Å². The number of carbonyl (C=O) groups excluding carboxylic acids is 7. The molecule has 1 aliphatic carbocycles. The molecule has 1 saturated carbocycles. The Morgan fingerprint density at radius 2 is 0.621 bits per heavy atom. The zero-order valence-electron chi connectivity index (χ0n) is 87.8. The summed E-state index contributed by atoms with van der Waals surface area (Å²) in [6, 6.07) is 0.0897. The Hall–Kier alpha value is -5.95. The van der Waals surface area contributed by atoms with Crippen LogP contribution in [0.15, 0.2) is 109 Å². The van der Waals surface area contributed by atoms with Crippen molar-refractivity contribution < 1.29 is 33.6 Å². The van der Waals surface area contributed by atoms with Gasteiger partial charge in [0.1, 0.15) is 5.78 Å². The average Bonchev–Trinajstić information content (AvgIpc) is 1.46. The summed E-state index contributed by atoms with van der Waals surface area (Å²) >= 11 is 3.74. The molecule has 9 heterocycles. The molecule has 0 aromatic carbocycles. The maximum Gasteiger partial charge on any atom is 0.326 e. The van der Waals surface area contributed by atoms with E-state index in [1.807, 2.05) is 176 Å². The van der Waals surface area contributed by atoms with Crippen LogP contribution in [0.5, 0.6) is 0 Å². The molecule has 738 valence electrons. The standard InChI is InChI=1S/3C9H15NO.C9H17N.C8H12N2O.C8H13NO.C8H15NO.2C7H13NS.C5H8O.C4H10.10C2H6.2CH4/c3*1-6(2)8-5-4-7(3)10-9(8)11;1-7(2)9-5-4-8(3)10-6-9;1-6(2)10-5-4-7(3)9-8(10)11;1-5(2)7-4-6(3)9-8(7)10;1-6(2)7-4-3-5-9-8(7)10;2*1-5(2)7-4-8-6(3)9-7;6-5-3-1-2-4-5;1-4(2)3;10*1-2;;/h3*6,8H,3-5H2,1-2H3,(H,10,11);7,9-10H,3-6H2,1-2H3;4-6H,3H2,1-2H3,(H,9,11);5,7H,3-4H2,1-2H3,(H,9,10);6-7H,3-5H2,1-2H3,(H,9,10);2*5,7-8H,3-4H2,1-2H3;1-4H2;4H,1-3H3;10*1-2H3;2*1H4. The number of urea groups is 1. The Bertz CT molecular complexity index is 2600. The number of amides is 7. The van der Waals surface area contributed by atoms with Gasteiger partial charge in [-0.2, -0.15) is 0 Å². The number of thioether (sulfide) groups is 2. The lowest BCUT2D eigenvalue weighted by atomic mass is 9.87. The first-order valence-corrected chi connectivity index (χ1v) is 50.1. The number of hydrogen-bond donors (Lipinski definition) is 9. The van der Waals surface area contributed by atoms with Gasteiger partial charge in [-0.1, -0.05) is 338 Å². The van der Waals surface area contributed by atoms with E-state index in [4.69, 9.17) is 0 Å². The number of nitrogens with zero attached hydrogens (tertiary/aromatic N) is 1. The highest BCUT2D eigenvalue weighted by molar-refractivity contribution is 8.04. The predicted molar refractivity (Wildman–Crippen MR) is 561 cm³/mol. The van der Waals surface area contributed by atoms with E-state index in [9.17, 15) is 33.6 Å². The molecule has 17 nitrogen and oxygen atoms in total. The number of Topliss-reactive ketones (excluding diaryl/α,β-unsaturated/α-hetero) is 1. The molecular weight excluding hydrogens is 1580 g/mol. The van der Waals surface area contributed by atoms with Crippen LogP contribution in [0.3, 0.4) is 0 Å². The molecule has 0 bridgehead atoms. The summed E-state index contributed by atoms with van der Waals surface area (Å²) in [4.78, 5) is 79.0. The number of rotatable bonds is 9. The molecule has 9 fully saturated rings. The summed E-state index contributed by atoms with van der Waals surface area (Å²) in [5.74, 6) is 8.63. The number of piperidine rings is 5. The van der Waals surface area contributed by atoms with Crippen molar-refractivity contribution in [3.63, 3.8) is 0 Å². The van der Waals surface area contributed by atoms with Crippen molar-refractivity contribution in [3.8, 4) is 0 Å². The quantitative estimate of drug-likeness (QED) is 0.105. The average molecular weight is 1790 g/mol. The van der Waals surface area contributed by atoms with Crippen LogP contribution in [0.4, 0.5) is 4.79 Å². The fourth-order valence-corrected chi connectivity index (χ4v) is 13.6. The highest BCUT2D eigenvalue weighted by atomic mass is 32.2. The van der Waals surface area contributed by atoms with Crippen molar-refractivity contribution in [3.05, 3.63) is 109 Å². The molecule has 7 amide bonds. The van der Waals surface area contributed by atoms with E-state index in [0.717, 1.165) is 183 Å². The summed E-state index contributed by atoms with van der Waals surface area (Å²) in [7, 11) is 0. The zero-order valence-corrected chi connectivity index (χ0v) is 89.4. The first kappa shape index (κ1) is 147. The zero-order chi connectivity index (χ0) is 98.3. The monoisotopic (exact) mass is 1790 g/mol. The molecule has 9 N–H and O–H groups in total. The third-order valence-corrected chi connectivity index (χ3v) is 21.6. The summed E-state index contributed by atoms with van der Waals surface area (Å²) in [5.41, 5.74) is 5.33. The van der Waals surface area contributed by atoms with E-state index in [2.05, 4.69) is 232 Å². The summed E-state index contributed by atoms with van der Waals surface area (Å²) < 4.78 is 0. The predicted octanol–water partition coefficient (Wildman–Crippen LogP) is 29.1. The van der Waals surface area contributed by atoms with Crippen molar-refractivity contribution in [1.29, 1.82) is 0 Å². The lowest BCUT2D eigenvalue weighted by molar-refractivity contribution is -0.128. The van der Waals surface area contributed by atoms with Crippen molar-refractivity contribution >= 4 is 64.9 Å². The van der Waals surface area contributed by atoms with Crippen molar-refractivity contribution in [2.75, 3.05) is 26.2 Å². The second-order valence-electron chi connectivity index (χ2n) is 32.1. The minimum atomic E-state index is -0.104. The molecule has 19 heteroatoms. The Morgan fingerprint density at radius 3 is 0.806 bits per heavy atom. The van der Waals surface area contributed by atoms with Crippen LogP contribution < -0.4 is 47.9 Å². The Kier molecular flexibility index (Phi) is 114. The van der Waals surface area contributed by atoms with Gasteiger partial charge in [0.15, 0.2) is 0 Å². The van der Waals surface area contributed by atoms with Crippen LogP contribution in [-0.2, 0) is 28.8 Å². The third kappa shape index (κ3) is 78.3. The molecule has 0 radical (unpaired) electrons. The molecule has 10 aliphatic rings. The lowest BCUT2D eigenvalue weighted by Crippen LogP contribution is -2.42. The van der Waals surface area contributed by atoms with Crippen LogP contribution >= 0.6 is 23.5 Å². The van der Waals surface area contributed by atoms with Crippen LogP contribution in [-0.4, -0.2) is 89.0 Å². The van der Waals surface area contributed by atoms with Crippen LogP contribution in [0, 0.1) is 88.8 Å². The van der Waals surface area contributed by atoms with Gasteiger partial charge < -0.3 is 47.9 Å². The van der Waals surface area contributed by atoms with Crippen LogP contribution in [0.1, 0.15) is 395 Å².